The Bertz CT molecular complexity index is 739. The smallest absolute Gasteiger partial charge is 0.105 e. The van der Waals surface area contributed by atoms with E-state index in [9.17, 15) is 0 Å². The molecule has 0 spiro atoms. The Kier molecular flexibility index (Phi) is 3.54. The molecule has 4 nitrogen and oxygen atoms in total. The van der Waals surface area contributed by atoms with Gasteiger partial charge in [-0.2, -0.15) is 0 Å². The number of rotatable bonds is 3. The normalized spacial score (nSPS) is 10.8. The maximum Gasteiger partial charge on any atom is 0.105 e. The van der Waals surface area contributed by atoms with Gasteiger partial charge in [0.2, 0.25) is 0 Å². The maximum absolute atomic E-state index is 5.82. The van der Waals surface area contributed by atoms with E-state index in [0.29, 0.717) is 6.54 Å². The summed E-state index contributed by atoms with van der Waals surface area (Å²) in [5, 5.41) is 8.49. The zero-order valence-corrected chi connectivity index (χ0v) is 12.2. The van der Waals surface area contributed by atoms with E-state index in [-0.39, 0.29) is 0 Å². The minimum absolute atomic E-state index is 0.370. The molecule has 4 heteroatoms. The van der Waals surface area contributed by atoms with Crippen LogP contribution in [0, 0.1) is 13.8 Å². The molecule has 0 amide bonds. The van der Waals surface area contributed by atoms with Crippen molar-refractivity contribution in [3.63, 3.8) is 0 Å². The van der Waals surface area contributed by atoms with Crippen LogP contribution in [0.2, 0.25) is 0 Å². The second-order valence-electron chi connectivity index (χ2n) is 5.20. The van der Waals surface area contributed by atoms with Gasteiger partial charge in [0.25, 0.3) is 0 Å². The molecule has 0 saturated carbocycles. The van der Waals surface area contributed by atoms with E-state index < -0.39 is 0 Å². The monoisotopic (exact) mass is 278 g/mol. The van der Waals surface area contributed by atoms with Crippen LogP contribution in [0.4, 0.5) is 0 Å². The molecule has 2 aromatic carbocycles. The summed E-state index contributed by atoms with van der Waals surface area (Å²) in [4.78, 5) is 0. The lowest BCUT2D eigenvalue weighted by molar-refractivity contribution is 0.799. The second kappa shape index (κ2) is 5.50. The first-order valence-corrected chi connectivity index (χ1v) is 6.98. The summed E-state index contributed by atoms with van der Waals surface area (Å²) in [6.07, 6.45) is 0. The number of hydrogen-bond acceptors (Lipinski definition) is 3. The van der Waals surface area contributed by atoms with Crippen molar-refractivity contribution in [2.24, 2.45) is 5.73 Å². The molecule has 106 valence electrons. The molecule has 3 rings (SSSR count). The van der Waals surface area contributed by atoms with E-state index in [1.165, 1.54) is 11.1 Å². The van der Waals surface area contributed by atoms with Gasteiger partial charge in [-0.3, -0.25) is 0 Å². The van der Waals surface area contributed by atoms with Crippen molar-refractivity contribution in [2.75, 3.05) is 0 Å². The molecule has 3 aromatic rings. The predicted octanol–water partition coefficient (Wildman–Crippen LogP) is 3.01. The Hall–Kier alpha value is -2.46. The summed E-state index contributed by atoms with van der Waals surface area (Å²) in [6, 6.07) is 16.6. The van der Waals surface area contributed by atoms with Gasteiger partial charge >= 0.3 is 0 Å². The SMILES string of the molecule is Cc1ccc(-c2c(CN)nnn2-c2ccc(C)cc2)cc1. The van der Waals surface area contributed by atoms with Crippen molar-refractivity contribution >= 4 is 0 Å². The van der Waals surface area contributed by atoms with Gasteiger partial charge in [-0.1, -0.05) is 52.7 Å². The number of hydrogen-bond donors (Lipinski definition) is 1. The molecule has 0 fully saturated rings. The lowest BCUT2D eigenvalue weighted by Gasteiger charge is -2.08. The third-order valence-electron chi connectivity index (χ3n) is 3.54. The fourth-order valence-electron chi connectivity index (χ4n) is 2.32. The Labute approximate surface area is 124 Å². The van der Waals surface area contributed by atoms with E-state index in [2.05, 4.69) is 60.6 Å². The number of aromatic nitrogens is 3. The summed E-state index contributed by atoms with van der Waals surface area (Å²) in [7, 11) is 0. The van der Waals surface area contributed by atoms with Crippen molar-refractivity contribution in [1.29, 1.82) is 0 Å². The Balaban J connectivity index is 2.16. The quantitative estimate of drug-likeness (QED) is 0.801. The first-order valence-electron chi connectivity index (χ1n) is 6.98. The Morgan fingerprint density at radius 3 is 2.05 bits per heavy atom. The molecule has 0 bridgehead atoms. The Morgan fingerprint density at radius 1 is 0.905 bits per heavy atom. The lowest BCUT2D eigenvalue weighted by atomic mass is 10.1. The van der Waals surface area contributed by atoms with Crippen molar-refractivity contribution in [3.05, 3.63) is 65.4 Å². The first-order chi connectivity index (χ1) is 10.2. The minimum atomic E-state index is 0.370. The minimum Gasteiger partial charge on any atom is -0.325 e. The molecule has 0 radical (unpaired) electrons. The maximum atomic E-state index is 5.82. The van der Waals surface area contributed by atoms with Gasteiger partial charge in [-0.15, -0.1) is 5.10 Å². The second-order valence-corrected chi connectivity index (χ2v) is 5.20. The van der Waals surface area contributed by atoms with Crippen molar-refractivity contribution in [3.8, 4) is 16.9 Å². The van der Waals surface area contributed by atoms with Crippen LogP contribution in [0.5, 0.6) is 0 Å². The molecule has 0 atom stereocenters. The van der Waals surface area contributed by atoms with Gasteiger partial charge in [0.15, 0.2) is 0 Å². The standard InChI is InChI=1S/C17H18N4/c1-12-3-7-14(8-4-12)17-16(11-18)19-20-21(17)15-9-5-13(2)6-10-15/h3-10H,11,18H2,1-2H3. The van der Waals surface area contributed by atoms with Crippen LogP contribution in [0.15, 0.2) is 48.5 Å². The fourth-order valence-corrected chi connectivity index (χ4v) is 2.32. The fraction of sp³-hybridized carbons (Fsp3) is 0.176. The zero-order chi connectivity index (χ0) is 14.8. The van der Waals surface area contributed by atoms with Gasteiger partial charge in [0, 0.05) is 12.1 Å². The highest BCUT2D eigenvalue weighted by atomic mass is 15.4. The summed E-state index contributed by atoms with van der Waals surface area (Å²) >= 11 is 0. The molecular formula is C17H18N4. The Morgan fingerprint density at radius 2 is 1.48 bits per heavy atom. The van der Waals surface area contributed by atoms with Crippen molar-refractivity contribution in [2.45, 2.75) is 20.4 Å². The average molecular weight is 278 g/mol. The summed E-state index contributed by atoms with van der Waals surface area (Å²) in [5.74, 6) is 0. The van der Waals surface area contributed by atoms with Gasteiger partial charge in [-0.25, -0.2) is 4.68 Å². The highest BCUT2D eigenvalue weighted by Crippen LogP contribution is 2.25. The number of aryl methyl sites for hydroxylation is 2. The third kappa shape index (κ3) is 2.58. The molecule has 0 aliphatic rings. The van der Waals surface area contributed by atoms with Crippen molar-refractivity contribution in [1.82, 2.24) is 15.0 Å². The highest BCUT2D eigenvalue weighted by molar-refractivity contribution is 5.64. The summed E-state index contributed by atoms with van der Waals surface area (Å²) in [6.45, 7) is 4.51. The third-order valence-corrected chi connectivity index (χ3v) is 3.54. The van der Waals surface area contributed by atoms with Gasteiger partial charge in [0.05, 0.1) is 11.4 Å². The predicted molar refractivity (Wildman–Crippen MR) is 84.2 cm³/mol. The average Bonchev–Trinajstić information content (AvgIpc) is 2.93. The molecule has 0 unspecified atom stereocenters. The molecule has 21 heavy (non-hydrogen) atoms. The van der Waals surface area contributed by atoms with Crippen LogP contribution < -0.4 is 5.73 Å². The van der Waals surface area contributed by atoms with Gasteiger partial charge in [-0.05, 0) is 26.0 Å². The van der Waals surface area contributed by atoms with Gasteiger partial charge < -0.3 is 5.73 Å². The van der Waals surface area contributed by atoms with Crippen LogP contribution in [-0.4, -0.2) is 15.0 Å². The van der Waals surface area contributed by atoms with Crippen LogP contribution in [0.3, 0.4) is 0 Å². The van der Waals surface area contributed by atoms with Crippen molar-refractivity contribution < 1.29 is 0 Å². The first kappa shape index (κ1) is 13.5. The number of benzene rings is 2. The van der Waals surface area contributed by atoms with Crippen LogP contribution >= 0.6 is 0 Å². The molecule has 1 aromatic heterocycles. The molecular weight excluding hydrogens is 260 g/mol. The topological polar surface area (TPSA) is 56.7 Å². The van der Waals surface area contributed by atoms with Crippen LogP contribution in [0.25, 0.3) is 16.9 Å². The number of nitrogens with zero attached hydrogens (tertiary/aromatic N) is 3. The zero-order valence-electron chi connectivity index (χ0n) is 12.2. The van der Waals surface area contributed by atoms with Gasteiger partial charge in [0.1, 0.15) is 5.69 Å². The van der Waals surface area contributed by atoms with E-state index >= 15 is 0 Å². The number of nitrogens with two attached hydrogens (primary N) is 1. The largest absolute Gasteiger partial charge is 0.325 e. The molecule has 2 N–H and O–H groups in total. The highest BCUT2D eigenvalue weighted by Gasteiger charge is 2.15. The van der Waals surface area contributed by atoms with E-state index in [4.69, 9.17) is 5.73 Å². The molecule has 1 heterocycles. The molecule has 0 aliphatic carbocycles. The van der Waals surface area contributed by atoms with E-state index in [1.807, 2.05) is 16.8 Å². The molecule has 0 saturated heterocycles. The summed E-state index contributed by atoms with van der Waals surface area (Å²) < 4.78 is 1.85. The van der Waals surface area contributed by atoms with E-state index in [1.54, 1.807) is 0 Å². The van der Waals surface area contributed by atoms with Crippen LogP contribution in [-0.2, 0) is 6.54 Å². The lowest BCUT2D eigenvalue weighted by Crippen LogP contribution is -2.02. The van der Waals surface area contributed by atoms with Crippen LogP contribution in [0.1, 0.15) is 16.8 Å². The van der Waals surface area contributed by atoms with E-state index in [0.717, 1.165) is 22.6 Å². The molecule has 0 aliphatic heterocycles. The summed E-state index contributed by atoms with van der Waals surface area (Å²) in [5.41, 5.74) is 12.1.